The van der Waals surface area contributed by atoms with Crippen LogP contribution in [0.5, 0.6) is 0 Å². The van der Waals surface area contributed by atoms with Gasteiger partial charge in [-0.3, -0.25) is 0 Å². The van der Waals surface area contributed by atoms with E-state index in [4.69, 9.17) is 0 Å². The summed E-state index contributed by atoms with van der Waals surface area (Å²) in [4.78, 5) is 2.69. The second-order valence-corrected chi connectivity index (χ2v) is 21.4. The summed E-state index contributed by atoms with van der Waals surface area (Å²) in [6, 6.07) is 54.5. The molecule has 0 radical (unpaired) electrons. The number of rotatable bonds is 1. The Kier molecular flexibility index (Phi) is 6.94. The predicted octanol–water partition coefficient (Wildman–Crippen LogP) is 16.8. The second-order valence-electron chi connectivity index (χ2n) is 21.4. The summed E-state index contributed by atoms with van der Waals surface area (Å²) in [5, 5.41) is 2.60. The van der Waals surface area contributed by atoms with Gasteiger partial charge in [-0.2, -0.15) is 0 Å². The van der Waals surface area contributed by atoms with Gasteiger partial charge in [0.05, 0.1) is 17.1 Å². The lowest BCUT2D eigenvalue weighted by Crippen LogP contribution is -2.19. The van der Waals surface area contributed by atoms with Crippen LogP contribution in [0.4, 0.5) is 17.1 Å². The zero-order valence-corrected chi connectivity index (χ0v) is 38.2. The van der Waals surface area contributed by atoms with E-state index >= 15 is 0 Å². The number of benzene rings is 8. The first-order valence-corrected chi connectivity index (χ1v) is 23.0. The summed E-state index contributed by atoms with van der Waals surface area (Å²) in [5.41, 5.74) is 30.7. The van der Waals surface area contributed by atoms with Crippen LogP contribution in [0.1, 0.15) is 125 Å². The van der Waals surface area contributed by atoms with E-state index in [2.05, 4.69) is 214 Å². The Bertz CT molecular complexity index is 3350. The minimum Gasteiger partial charge on any atom is -0.309 e. The van der Waals surface area contributed by atoms with Crippen LogP contribution in [-0.2, 0) is 21.7 Å². The third kappa shape index (κ3) is 4.44. The summed E-state index contributed by atoms with van der Waals surface area (Å²) >= 11 is 0. The average Bonchev–Trinajstić information content (AvgIpc) is 3.82. The lowest BCUT2D eigenvalue weighted by Gasteiger charge is -2.33. The molecule has 1 aliphatic heterocycles. The van der Waals surface area contributed by atoms with Crippen LogP contribution in [0, 0.1) is 0 Å². The molecule has 306 valence electrons. The van der Waals surface area contributed by atoms with Gasteiger partial charge < -0.3 is 4.90 Å². The molecule has 0 fully saturated rings. The fourth-order valence-corrected chi connectivity index (χ4v) is 13.2. The highest BCUT2D eigenvalue weighted by molar-refractivity contribution is 6.14. The molecule has 4 aliphatic carbocycles. The highest BCUT2D eigenvalue weighted by Crippen LogP contribution is 2.62. The quantitative estimate of drug-likeness (QED) is 0.160. The van der Waals surface area contributed by atoms with E-state index in [9.17, 15) is 0 Å². The molecule has 0 N–H and O–H groups in total. The van der Waals surface area contributed by atoms with Gasteiger partial charge >= 0.3 is 0 Å². The lowest BCUT2D eigenvalue weighted by atomic mass is 9.79. The molecule has 1 nitrogen and oxygen atoms in total. The molecule has 0 aromatic heterocycles. The number of allylic oxidation sites excluding steroid dienone is 2. The molecule has 0 bridgehead atoms. The zero-order valence-electron chi connectivity index (χ0n) is 38.2. The molecule has 0 amide bonds. The molecule has 0 saturated carbocycles. The maximum atomic E-state index is 2.69. The van der Waals surface area contributed by atoms with E-state index in [0.29, 0.717) is 0 Å². The van der Waals surface area contributed by atoms with Crippen LogP contribution >= 0.6 is 0 Å². The van der Waals surface area contributed by atoms with Gasteiger partial charge in [0.15, 0.2) is 0 Å². The summed E-state index contributed by atoms with van der Waals surface area (Å²) in [7, 11) is 0. The van der Waals surface area contributed by atoms with Crippen LogP contribution in [0.2, 0.25) is 0 Å². The van der Waals surface area contributed by atoms with Crippen molar-refractivity contribution in [1.29, 1.82) is 0 Å². The molecular weight excluding hydrogens is 759 g/mol. The number of fused-ring (bicyclic) bond motifs is 16. The Balaban J connectivity index is 1.14. The Labute approximate surface area is 372 Å². The predicted molar refractivity (Wildman–Crippen MR) is 267 cm³/mol. The van der Waals surface area contributed by atoms with Crippen molar-refractivity contribution in [3.63, 3.8) is 0 Å². The van der Waals surface area contributed by atoms with Crippen molar-refractivity contribution in [2.24, 2.45) is 0 Å². The molecule has 0 atom stereocenters. The molecule has 0 unspecified atom stereocenters. The van der Waals surface area contributed by atoms with E-state index in [1.165, 1.54) is 139 Å². The van der Waals surface area contributed by atoms with E-state index in [1.54, 1.807) is 0 Å². The van der Waals surface area contributed by atoms with Crippen LogP contribution in [-0.4, -0.2) is 0 Å². The largest absolute Gasteiger partial charge is 0.309 e. The summed E-state index contributed by atoms with van der Waals surface area (Å²) in [5.74, 6) is 0. The molecular formula is C62H53N. The topological polar surface area (TPSA) is 3.24 Å². The summed E-state index contributed by atoms with van der Waals surface area (Å²) < 4.78 is 0. The SMILES string of the molecule is CC1=C(C)c2cc3c(cc2N(c2cc4c(c5ccccc25)-c2cc5c(cc2C4(C)C)-c2ccccc2C5(C)C)c2cc4c(cc21)C(C)(C)c1ccccc1-4)-c1ccccc1C3(C)C. The zero-order chi connectivity index (χ0) is 43.3. The molecule has 8 aromatic rings. The molecule has 0 saturated heterocycles. The highest BCUT2D eigenvalue weighted by Gasteiger charge is 2.45. The van der Waals surface area contributed by atoms with Gasteiger partial charge in [0.1, 0.15) is 0 Å². The van der Waals surface area contributed by atoms with Crippen LogP contribution in [0.15, 0.2) is 140 Å². The molecule has 1 heteroatoms. The fraction of sp³-hybridized carbons (Fsp3) is 0.226. The highest BCUT2D eigenvalue weighted by atomic mass is 15.2. The fourth-order valence-electron chi connectivity index (χ4n) is 13.2. The van der Waals surface area contributed by atoms with E-state index < -0.39 is 0 Å². The maximum absolute atomic E-state index is 2.69. The molecule has 13 rings (SSSR count). The first-order valence-electron chi connectivity index (χ1n) is 23.0. The van der Waals surface area contributed by atoms with Crippen LogP contribution in [0.3, 0.4) is 0 Å². The third-order valence-corrected chi connectivity index (χ3v) is 16.9. The van der Waals surface area contributed by atoms with Gasteiger partial charge in [-0.25, -0.2) is 0 Å². The van der Waals surface area contributed by atoms with Gasteiger partial charge in [-0.1, -0.05) is 152 Å². The Morgan fingerprint density at radius 3 is 1.11 bits per heavy atom. The Morgan fingerprint density at radius 1 is 0.286 bits per heavy atom. The first-order chi connectivity index (χ1) is 30.1. The standard InChI is InChI=1S/C62H53N/c1-34-35(2)42-28-51-45(38-21-15-18-26-49(38)60(51,5)6)32-56(42)63(55-31-44-37-20-14-17-25-48(37)59(3,4)50(44)27-41(34)55)57-33-54-58(40-23-12-11-22-39(40)57)46-30-52-43(29-53(46)62(54,9)10)36-19-13-16-24-47(36)61(52,7)8/h11-33H,1-10H3. The van der Waals surface area contributed by atoms with Crippen molar-refractivity contribution in [3.8, 4) is 44.5 Å². The number of hydrogen-bond donors (Lipinski definition) is 0. The summed E-state index contributed by atoms with van der Waals surface area (Å²) in [6.45, 7) is 24.1. The van der Waals surface area contributed by atoms with Crippen LogP contribution < -0.4 is 4.90 Å². The summed E-state index contributed by atoms with van der Waals surface area (Å²) in [6.07, 6.45) is 0. The third-order valence-electron chi connectivity index (χ3n) is 16.9. The number of anilines is 3. The minimum absolute atomic E-state index is 0.0767. The van der Waals surface area contributed by atoms with Gasteiger partial charge in [-0.05, 0) is 162 Å². The van der Waals surface area contributed by atoms with Crippen molar-refractivity contribution < 1.29 is 0 Å². The molecule has 63 heavy (non-hydrogen) atoms. The molecule has 8 aromatic carbocycles. The maximum Gasteiger partial charge on any atom is 0.0544 e. The van der Waals surface area contributed by atoms with Crippen molar-refractivity contribution in [2.75, 3.05) is 4.90 Å². The van der Waals surface area contributed by atoms with Crippen LogP contribution in [0.25, 0.3) is 66.4 Å². The lowest BCUT2D eigenvalue weighted by molar-refractivity contribution is 0.652. The van der Waals surface area contributed by atoms with Gasteiger partial charge in [0.2, 0.25) is 0 Å². The van der Waals surface area contributed by atoms with E-state index in [-0.39, 0.29) is 21.7 Å². The van der Waals surface area contributed by atoms with Gasteiger partial charge in [0, 0.05) is 38.2 Å². The van der Waals surface area contributed by atoms with Crippen molar-refractivity contribution in [2.45, 2.75) is 90.9 Å². The Hall–Kier alpha value is -6.44. The van der Waals surface area contributed by atoms with Gasteiger partial charge in [0.25, 0.3) is 0 Å². The van der Waals surface area contributed by atoms with Crippen molar-refractivity contribution in [1.82, 2.24) is 0 Å². The van der Waals surface area contributed by atoms with Crippen molar-refractivity contribution in [3.05, 3.63) is 195 Å². The molecule has 0 spiro atoms. The average molecular weight is 812 g/mol. The second kappa shape index (κ2) is 11.8. The number of nitrogens with zero attached hydrogens (tertiary/aromatic N) is 1. The van der Waals surface area contributed by atoms with Crippen molar-refractivity contribution >= 4 is 39.0 Å². The van der Waals surface area contributed by atoms with E-state index in [1.807, 2.05) is 0 Å². The monoisotopic (exact) mass is 811 g/mol. The first kappa shape index (κ1) is 37.1. The Morgan fingerprint density at radius 2 is 0.635 bits per heavy atom. The van der Waals surface area contributed by atoms with Gasteiger partial charge in [-0.15, -0.1) is 0 Å². The normalized spacial score (nSPS) is 17.8. The smallest absolute Gasteiger partial charge is 0.0544 e. The molecule has 5 aliphatic rings. The molecule has 1 heterocycles. The number of hydrogen-bond acceptors (Lipinski definition) is 1. The van der Waals surface area contributed by atoms with E-state index in [0.717, 1.165) is 0 Å². The minimum atomic E-state index is -0.233.